The molecule has 4 nitrogen and oxygen atoms in total. The maximum absolute atomic E-state index is 11.0. The number of aryl methyl sites for hydroxylation is 1. The molecule has 0 atom stereocenters. The molecule has 2 rings (SSSR count). The highest BCUT2D eigenvalue weighted by atomic mass is 16.4. The van der Waals surface area contributed by atoms with E-state index in [0.717, 1.165) is 11.1 Å². The summed E-state index contributed by atoms with van der Waals surface area (Å²) in [4.78, 5) is 18.9. The van der Waals surface area contributed by atoms with E-state index in [0.29, 0.717) is 5.56 Å². The summed E-state index contributed by atoms with van der Waals surface area (Å²) in [6.45, 7) is 1.91. The van der Waals surface area contributed by atoms with Gasteiger partial charge in [0.15, 0.2) is 5.69 Å². The van der Waals surface area contributed by atoms with Gasteiger partial charge >= 0.3 is 5.97 Å². The maximum Gasteiger partial charge on any atom is 0.355 e. The summed E-state index contributed by atoms with van der Waals surface area (Å²) in [6, 6.07) is 5.33. The Balaban J connectivity index is 2.60. The molecule has 0 fully saturated rings. The molecule has 0 spiro atoms. The van der Waals surface area contributed by atoms with E-state index < -0.39 is 5.97 Å². The van der Waals surface area contributed by atoms with E-state index in [9.17, 15) is 4.79 Å². The van der Waals surface area contributed by atoms with Gasteiger partial charge in [-0.25, -0.2) is 9.78 Å². The SMILES string of the molecule is Cc1cncc(-c2cccnc2C(=O)O)c1. The van der Waals surface area contributed by atoms with Gasteiger partial charge in [0.1, 0.15) is 0 Å². The van der Waals surface area contributed by atoms with Crippen LogP contribution in [0.4, 0.5) is 0 Å². The van der Waals surface area contributed by atoms with Crippen molar-refractivity contribution < 1.29 is 9.90 Å². The molecular weight excluding hydrogens is 204 g/mol. The van der Waals surface area contributed by atoms with E-state index in [1.165, 1.54) is 6.20 Å². The quantitative estimate of drug-likeness (QED) is 0.831. The first kappa shape index (κ1) is 10.3. The molecule has 0 aliphatic carbocycles. The third kappa shape index (κ3) is 1.91. The molecule has 0 unspecified atom stereocenters. The van der Waals surface area contributed by atoms with Gasteiger partial charge < -0.3 is 5.11 Å². The predicted octanol–water partition coefficient (Wildman–Crippen LogP) is 2.15. The minimum atomic E-state index is -1.03. The van der Waals surface area contributed by atoms with Gasteiger partial charge in [0.25, 0.3) is 0 Å². The molecule has 2 aromatic rings. The third-order valence-corrected chi connectivity index (χ3v) is 2.20. The second kappa shape index (κ2) is 4.10. The van der Waals surface area contributed by atoms with E-state index in [-0.39, 0.29) is 5.69 Å². The molecule has 0 bridgehead atoms. The van der Waals surface area contributed by atoms with Gasteiger partial charge in [-0.1, -0.05) is 6.07 Å². The molecule has 1 N–H and O–H groups in total. The smallest absolute Gasteiger partial charge is 0.355 e. The molecule has 0 saturated carbocycles. The van der Waals surface area contributed by atoms with Crippen molar-refractivity contribution in [3.05, 3.63) is 48.0 Å². The van der Waals surface area contributed by atoms with Crippen molar-refractivity contribution >= 4 is 5.97 Å². The first-order valence-corrected chi connectivity index (χ1v) is 4.79. The first-order chi connectivity index (χ1) is 7.68. The number of nitrogens with zero attached hydrogens (tertiary/aromatic N) is 2. The van der Waals surface area contributed by atoms with Crippen molar-refractivity contribution in [2.45, 2.75) is 6.92 Å². The lowest BCUT2D eigenvalue weighted by Gasteiger charge is -2.04. The number of carboxylic acid groups (broad SMARTS) is 1. The second-order valence-electron chi connectivity index (χ2n) is 3.46. The lowest BCUT2D eigenvalue weighted by atomic mass is 10.0. The Morgan fingerprint density at radius 1 is 1.38 bits per heavy atom. The number of aromatic carboxylic acids is 1. The van der Waals surface area contributed by atoms with Crippen LogP contribution in [0.1, 0.15) is 16.1 Å². The zero-order valence-corrected chi connectivity index (χ0v) is 8.71. The van der Waals surface area contributed by atoms with Crippen LogP contribution in [0, 0.1) is 6.92 Å². The van der Waals surface area contributed by atoms with Crippen LogP contribution in [-0.4, -0.2) is 21.0 Å². The Morgan fingerprint density at radius 2 is 2.19 bits per heavy atom. The monoisotopic (exact) mass is 214 g/mol. The first-order valence-electron chi connectivity index (χ1n) is 4.79. The normalized spacial score (nSPS) is 10.1. The van der Waals surface area contributed by atoms with E-state index >= 15 is 0 Å². The van der Waals surface area contributed by atoms with Crippen LogP contribution in [0.25, 0.3) is 11.1 Å². The molecule has 0 aromatic carbocycles. The van der Waals surface area contributed by atoms with E-state index in [1.807, 2.05) is 13.0 Å². The summed E-state index contributed by atoms with van der Waals surface area (Å²) in [5.41, 5.74) is 2.39. The van der Waals surface area contributed by atoms with E-state index in [2.05, 4.69) is 9.97 Å². The van der Waals surface area contributed by atoms with Crippen LogP contribution in [0.5, 0.6) is 0 Å². The molecule has 4 heteroatoms. The summed E-state index contributed by atoms with van der Waals surface area (Å²) in [5, 5.41) is 9.01. The molecule has 0 saturated heterocycles. The lowest BCUT2D eigenvalue weighted by molar-refractivity contribution is 0.0691. The lowest BCUT2D eigenvalue weighted by Crippen LogP contribution is -2.02. The average Bonchev–Trinajstić information content (AvgIpc) is 2.29. The number of pyridine rings is 2. The van der Waals surface area contributed by atoms with E-state index in [4.69, 9.17) is 5.11 Å². The van der Waals surface area contributed by atoms with Gasteiger partial charge in [0, 0.05) is 29.7 Å². The molecular formula is C12H10N2O2. The highest BCUT2D eigenvalue weighted by Crippen LogP contribution is 2.21. The predicted molar refractivity (Wildman–Crippen MR) is 59.2 cm³/mol. The molecule has 0 aliphatic rings. The van der Waals surface area contributed by atoms with Crippen LogP contribution >= 0.6 is 0 Å². The highest BCUT2D eigenvalue weighted by molar-refractivity contribution is 5.93. The van der Waals surface area contributed by atoms with Crippen molar-refractivity contribution in [3.63, 3.8) is 0 Å². The molecule has 2 aromatic heterocycles. The Kier molecular flexibility index (Phi) is 2.64. The zero-order chi connectivity index (χ0) is 11.5. The topological polar surface area (TPSA) is 63.1 Å². The van der Waals surface area contributed by atoms with Crippen molar-refractivity contribution in [2.75, 3.05) is 0 Å². The van der Waals surface area contributed by atoms with Gasteiger partial charge in [0.05, 0.1) is 0 Å². The third-order valence-electron chi connectivity index (χ3n) is 2.20. The average molecular weight is 214 g/mol. The highest BCUT2D eigenvalue weighted by Gasteiger charge is 2.12. The van der Waals surface area contributed by atoms with Crippen molar-refractivity contribution in [1.82, 2.24) is 9.97 Å². The molecule has 16 heavy (non-hydrogen) atoms. The Hall–Kier alpha value is -2.23. The van der Waals surface area contributed by atoms with Gasteiger partial charge in [-0.05, 0) is 24.6 Å². The van der Waals surface area contributed by atoms with Crippen molar-refractivity contribution in [2.24, 2.45) is 0 Å². The molecule has 0 radical (unpaired) electrons. The molecule has 0 aliphatic heterocycles. The Morgan fingerprint density at radius 3 is 2.88 bits per heavy atom. The molecule has 80 valence electrons. The van der Waals surface area contributed by atoms with Crippen molar-refractivity contribution in [1.29, 1.82) is 0 Å². The minimum Gasteiger partial charge on any atom is -0.476 e. The van der Waals surface area contributed by atoms with Crippen LogP contribution < -0.4 is 0 Å². The van der Waals surface area contributed by atoms with Gasteiger partial charge in [-0.3, -0.25) is 4.98 Å². The van der Waals surface area contributed by atoms with Crippen LogP contribution in [0.3, 0.4) is 0 Å². The Labute approximate surface area is 92.6 Å². The largest absolute Gasteiger partial charge is 0.476 e. The summed E-state index contributed by atoms with van der Waals surface area (Å²) in [6.07, 6.45) is 4.83. The zero-order valence-electron chi connectivity index (χ0n) is 8.71. The van der Waals surface area contributed by atoms with Gasteiger partial charge in [0.2, 0.25) is 0 Å². The number of carbonyl (C=O) groups is 1. The summed E-state index contributed by atoms with van der Waals surface area (Å²) >= 11 is 0. The van der Waals surface area contributed by atoms with Crippen LogP contribution in [-0.2, 0) is 0 Å². The minimum absolute atomic E-state index is 0.0508. The fourth-order valence-electron chi connectivity index (χ4n) is 1.51. The fourth-order valence-corrected chi connectivity index (χ4v) is 1.51. The summed E-state index contributed by atoms with van der Waals surface area (Å²) in [5.74, 6) is -1.03. The number of aromatic nitrogens is 2. The standard InChI is InChI=1S/C12H10N2O2/c1-8-5-9(7-13-6-8)10-3-2-4-14-11(10)12(15)16/h2-7H,1H3,(H,15,16). The Bertz CT molecular complexity index is 538. The van der Waals surface area contributed by atoms with Crippen LogP contribution in [0.2, 0.25) is 0 Å². The fraction of sp³-hybridized carbons (Fsp3) is 0.0833. The number of hydrogen-bond acceptors (Lipinski definition) is 3. The molecule has 2 heterocycles. The molecule has 0 amide bonds. The van der Waals surface area contributed by atoms with E-state index in [1.54, 1.807) is 24.5 Å². The number of rotatable bonds is 2. The number of hydrogen-bond donors (Lipinski definition) is 1. The van der Waals surface area contributed by atoms with Gasteiger partial charge in [-0.2, -0.15) is 0 Å². The van der Waals surface area contributed by atoms with Gasteiger partial charge in [-0.15, -0.1) is 0 Å². The maximum atomic E-state index is 11.0. The van der Waals surface area contributed by atoms with Crippen LogP contribution in [0.15, 0.2) is 36.8 Å². The summed E-state index contributed by atoms with van der Waals surface area (Å²) in [7, 11) is 0. The second-order valence-corrected chi connectivity index (χ2v) is 3.46. The number of carboxylic acids is 1. The summed E-state index contributed by atoms with van der Waals surface area (Å²) < 4.78 is 0. The van der Waals surface area contributed by atoms with Crippen molar-refractivity contribution in [3.8, 4) is 11.1 Å².